The number of carbonyl (C=O) groups excluding carboxylic acids is 4. The Balaban J connectivity index is 1.49. The summed E-state index contributed by atoms with van der Waals surface area (Å²) in [5.41, 5.74) is 2.40. The number of carbonyl (C=O) groups is 5. The van der Waals surface area contributed by atoms with Crippen LogP contribution >= 0.6 is 0 Å². The van der Waals surface area contributed by atoms with Crippen molar-refractivity contribution in [3.05, 3.63) is 29.3 Å². The van der Waals surface area contributed by atoms with Crippen molar-refractivity contribution in [2.75, 3.05) is 25.5 Å². The zero-order chi connectivity index (χ0) is 31.3. The molecule has 0 radical (unpaired) electrons. The number of hydrogen-bond donors (Lipinski definition) is 4. The standard InChI is InChI=1S/C33H52N4O6/c1-37(29-20-21-31(40)36-33(29)43)24-27-26(25-38)16-14-17-28(27)34-22-12-10-8-6-4-2-3-5-7-9-11-13-23-35-30(39)18-15-19-32(41)42/h14,16-17,25,29,34H,2-13,15,18-24H2,1H3,(H,35,39)(H,41,42)(H,36,40,43). The zero-order valence-electron chi connectivity index (χ0n) is 26.0. The molecule has 0 spiro atoms. The quantitative estimate of drug-likeness (QED) is 0.0720. The average Bonchev–Trinajstić information content (AvgIpc) is 2.97. The Morgan fingerprint density at radius 2 is 1.51 bits per heavy atom. The van der Waals surface area contributed by atoms with Gasteiger partial charge in [0, 0.05) is 50.1 Å². The molecule has 10 nitrogen and oxygen atoms in total. The Labute approximate surface area is 256 Å². The van der Waals surface area contributed by atoms with Gasteiger partial charge in [-0.2, -0.15) is 0 Å². The number of carboxylic acid groups (broad SMARTS) is 1. The van der Waals surface area contributed by atoms with Crippen molar-refractivity contribution in [1.82, 2.24) is 15.5 Å². The molecule has 1 fully saturated rings. The molecule has 2 rings (SSSR count). The highest BCUT2D eigenvalue weighted by Gasteiger charge is 2.30. The van der Waals surface area contributed by atoms with Crippen molar-refractivity contribution >= 4 is 35.7 Å². The Morgan fingerprint density at radius 1 is 0.907 bits per heavy atom. The fourth-order valence-electron chi connectivity index (χ4n) is 5.48. The molecule has 3 amide bonds. The number of anilines is 1. The van der Waals surface area contributed by atoms with E-state index < -0.39 is 5.97 Å². The number of aldehydes is 1. The van der Waals surface area contributed by atoms with E-state index in [1.165, 1.54) is 51.4 Å². The van der Waals surface area contributed by atoms with Gasteiger partial charge in [-0.3, -0.25) is 34.2 Å². The molecule has 0 bridgehead atoms. The Hall–Kier alpha value is -3.27. The van der Waals surface area contributed by atoms with Gasteiger partial charge >= 0.3 is 5.97 Å². The molecule has 4 N–H and O–H groups in total. The molecular weight excluding hydrogens is 548 g/mol. The second-order valence-corrected chi connectivity index (χ2v) is 11.6. The van der Waals surface area contributed by atoms with Crippen LogP contribution in [0.5, 0.6) is 0 Å². The van der Waals surface area contributed by atoms with Gasteiger partial charge in [0.25, 0.3) is 0 Å². The van der Waals surface area contributed by atoms with E-state index in [1.54, 1.807) is 6.07 Å². The number of nitrogens with one attached hydrogen (secondary N) is 3. The summed E-state index contributed by atoms with van der Waals surface area (Å²) in [6, 6.07) is 5.26. The maximum Gasteiger partial charge on any atom is 0.303 e. The molecule has 240 valence electrons. The minimum Gasteiger partial charge on any atom is -0.481 e. The molecule has 1 heterocycles. The maximum absolute atomic E-state index is 12.3. The number of imide groups is 1. The number of piperidine rings is 1. The molecule has 43 heavy (non-hydrogen) atoms. The van der Waals surface area contributed by atoms with Crippen molar-refractivity contribution in [3.63, 3.8) is 0 Å². The highest BCUT2D eigenvalue weighted by molar-refractivity contribution is 6.00. The molecule has 0 aromatic heterocycles. The molecular formula is C33H52N4O6. The van der Waals surface area contributed by atoms with Crippen LogP contribution in [-0.2, 0) is 25.7 Å². The molecule has 1 aromatic carbocycles. The van der Waals surface area contributed by atoms with Crippen LogP contribution in [0.1, 0.15) is 125 Å². The summed E-state index contributed by atoms with van der Waals surface area (Å²) in [5, 5.41) is 17.4. The van der Waals surface area contributed by atoms with Crippen LogP contribution in [-0.4, -0.2) is 66.2 Å². The molecule has 1 atom stereocenters. The number of amides is 3. The molecule has 1 unspecified atom stereocenters. The number of likely N-dealkylation sites (N-methyl/N-ethyl adjacent to an activating group) is 1. The summed E-state index contributed by atoms with van der Waals surface area (Å²) in [4.78, 5) is 59.5. The Kier molecular flexibility index (Phi) is 17.9. The topological polar surface area (TPSA) is 145 Å². The lowest BCUT2D eigenvalue weighted by atomic mass is 10.0. The van der Waals surface area contributed by atoms with E-state index in [0.717, 1.165) is 49.8 Å². The molecule has 1 aromatic rings. The van der Waals surface area contributed by atoms with Crippen molar-refractivity contribution in [2.24, 2.45) is 0 Å². The van der Waals surface area contributed by atoms with Crippen molar-refractivity contribution in [2.45, 2.75) is 122 Å². The number of benzene rings is 1. The van der Waals surface area contributed by atoms with E-state index in [2.05, 4.69) is 16.0 Å². The largest absolute Gasteiger partial charge is 0.481 e. The first-order chi connectivity index (χ1) is 20.8. The second-order valence-electron chi connectivity index (χ2n) is 11.6. The molecule has 0 saturated carbocycles. The molecule has 10 heteroatoms. The van der Waals surface area contributed by atoms with Gasteiger partial charge < -0.3 is 15.7 Å². The summed E-state index contributed by atoms with van der Waals surface area (Å²) in [6.45, 7) is 1.95. The first-order valence-electron chi connectivity index (χ1n) is 16.1. The number of aliphatic carboxylic acids is 1. The van der Waals surface area contributed by atoms with Crippen molar-refractivity contribution in [3.8, 4) is 0 Å². The van der Waals surface area contributed by atoms with Gasteiger partial charge in [-0.1, -0.05) is 76.3 Å². The third-order valence-electron chi connectivity index (χ3n) is 8.02. The van der Waals surface area contributed by atoms with Gasteiger partial charge in [0.05, 0.1) is 6.04 Å². The molecule has 1 aliphatic rings. The van der Waals surface area contributed by atoms with E-state index in [0.29, 0.717) is 37.9 Å². The van der Waals surface area contributed by atoms with Crippen LogP contribution in [0.4, 0.5) is 5.69 Å². The number of nitrogens with zero attached hydrogens (tertiary/aromatic N) is 1. The predicted octanol–water partition coefficient (Wildman–Crippen LogP) is 5.20. The van der Waals surface area contributed by atoms with Gasteiger partial charge in [0.2, 0.25) is 17.7 Å². The average molecular weight is 601 g/mol. The molecule has 0 aliphatic carbocycles. The predicted molar refractivity (Wildman–Crippen MR) is 168 cm³/mol. The van der Waals surface area contributed by atoms with Crippen LogP contribution in [0.3, 0.4) is 0 Å². The number of rotatable bonds is 24. The second kappa shape index (κ2) is 21.4. The summed E-state index contributed by atoms with van der Waals surface area (Å²) >= 11 is 0. The van der Waals surface area contributed by atoms with Crippen LogP contribution in [0.15, 0.2) is 18.2 Å². The van der Waals surface area contributed by atoms with E-state index in [4.69, 9.17) is 5.11 Å². The normalized spacial score (nSPS) is 14.9. The van der Waals surface area contributed by atoms with Crippen LogP contribution in [0, 0.1) is 0 Å². The summed E-state index contributed by atoms with van der Waals surface area (Å²) in [6.07, 6.45) is 16.6. The lowest BCUT2D eigenvalue weighted by Crippen LogP contribution is -2.51. The minimum absolute atomic E-state index is 0.0434. The highest BCUT2D eigenvalue weighted by Crippen LogP contribution is 2.23. The van der Waals surface area contributed by atoms with Gasteiger partial charge in [0.15, 0.2) is 0 Å². The van der Waals surface area contributed by atoms with Crippen LogP contribution < -0.4 is 16.0 Å². The fraction of sp³-hybridized carbons (Fsp3) is 0.667. The smallest absolute Gasteiger partial charge is 0.303 e. The minimum atomic E-state index is -0.859. The SMILES string of the molecule is CN(Cc1c(C=O)cccc1NCCCCCCCCCCCCCCNC(=O)CCCC(=O)O)C1CCC(=O)NC1=O. The third kappa shape index (κ3) is 15.1. The first kappa shape index (κ1) is 35.9. The van der Waals surface area contributed by atoms with Gasteiger partial charge in [-0.25, -0.2) is 0 Å². The van der Waals surface area contributed by atoms with Gasteiger partial charge in [0.1, 0.15) is 6.29 Å². The lowest BCUT2D eigenvalue weighted by molar-refractivity contribution is -0.138. The summed E-state index contributed by atoms with van der Waals surface area (Å²) in [5.74, 6) is -1.42. The Morgan fingerprint density at radius 3 is 2.09 bits per heavy atom. The molecule has 1 saturated heterocycles. The van der Waals surface area contributed by atoms with E-state index >= 15 is 0 Å². The van der Waals surface area contributed by atoms with E-state index in [-0.39, 0.29) is 36.6 Å². The zero-order valence-corrected chi connectivity index (χ0v) is 26.0. The van der Waals surface area contributed by atoms with Crippen molar-refractivity contribution in [1.29, 1.82) is 0 Å². The fourth-order valence-corrected chi connectivity index (χ4v) is 5.48. The van der Waals surface area contributed by atoms with E-state index in [9.17, 15) is 24.0 Å². The highest BCUT2D eigenvalue weighted by atomic mass is 16.4. The number of carboxylic acids is 1. The maximum atomic E-state index is 12.3. The van der Waals surface area contributed by atoms with Crippen molar-refractivity contribution < 1.29 is 29.1 Å². The van der Waals surface area contributed by atoms with Crippen LogP contribution in [0.2, 0.25) is 0 Å². The lowest BCUT2D eigenvalue weighted by Gasteiger charge is -2.30. The van der Waals surface area contributed by atoms with Crippen LogP contribution in [0.25, 0.3) is 0 Å². The monoisotopic (exact) mass is 600 g/mol. The van der Waals surface area contributed by atoms with E-state index in [1.807, 2.05) is 24.1 Å². The summed E-state index contributed by atoms with van der Waals surface area (Å²) < 4.78 is 0. The number of hydrogen-bond acceptors (Lipinski definition) is 7. The van der Waals surface area contributed by atoms with Gasteiger partial charge in [-0.15, -0.1) is 0 Å². The number of unbranched alkanes of at least 4 members (excludes halogenated alkanes) is 11. The first-order valence-corrected chi connectivity index (χ1v) is 16.1. The third-order valence-corrected chi connectivity index (χ3v) is 8.02. The Bertz CT molecular complexity index is 1030. The van der Waals surface area contributed by atoms with Gasteiger partial charge in [-0.05, 0) is 44.4 Å². The summed E-state index contributed by atoms with van der Waals surface area (Å²) in [7, 11) is 1.85. The molecule has 1 aliphatic heterocycles.